The fraction of sp³-hybridized carbons (Fsp3) is 0.0714. The Balaban J connectivity index is 2.33. The number of anilines is 1. The van der Waals surface area contributed by atoms with E-state index in [1.165, 1.54) is 25.1 Å². The molecule has 0 saturated carbocycles. The standard InChI is InChI=1S/C14H12BrNO3S/c1-10(17)11-4-2-6-13(8-11)16-20(18,19)14-7-3-5-12(15)9-14/h2-9,16H,1H3. The summed E-state index contributed by atoms with van der Waals surface area (Å²) in [5.74, 6) is -0.117. The van der Waals surface area contributed by atoms with E-state index >= 15 is 0 Å². The number of ketones is 1. The third kappa shape index (κ3) is 3.46. The number of nitrogens with one attached hydrogen (secondary N) is 1. The molecule has 20 heavy (non-hydrogen) atoms. The Morgan fingerprint density at radius 1 is 1.10 bits per heavy atom. The number of carbonyl (C=O) groups is 1. The predicted octanol–water partition coefficient (Wildman–Crippen LogP) is 3.45. The fourth-order valence-electron chi connectivity index (χ4n) is 1.65. The van der Waals surface area contributed by atoms with Crippen LogP contribution in [0.25, 0.3) is 0 Å². The molecule has 0 aliphatic heterocycles. The molecule has 2 aromatic rings. The van der Waals surface area contributed by atoms with Crippen molar-refractivity contribution in [3.63, 3.8) is 0 Å². The van der Waals surface area contributed by atoms with Gasteiger partial charge in [-0.05, 0) is 37.3 Å². The van der Waals surface area contributed by atoms with Crippen LogP contribution in [0.1, 0.15) is 17.3 Å². The molecule has 0 heterocycles. The van der Waals surface area contributed by atoms with Gasteiger partial charge < -0.3 is 0 Å². The van der Waals surface area contributed by atoms with Gasteiger partial charge in [-0.1, -0.05) is 34.1 Å². The number of carbonyl (C=O) groups excluding carboxylic acids is 1. The normalized spacial score (nSPS) is 11.1. The molecular weight excluding hydrogens is 342 g/mol. The number of sulfonamides is 1. The number of hydrogen-bond donors (Lipinski definition) is 1. The molecule has 0 amide bonds. The Morgan fingerprint density at radius 2 is 1.80 bits per heavy atom. The maximum atomic E-state index is 12.2. The van der Waals surface area contributed by atoms with Crippen molar-refractivity contribution in [3.05, 3.63) is 58.6 Å². The van der Waals surface area contributed by atoms with E-state index in [9.17, 15) is 13.2 Å². The second kappa shape index (κ2) is 5.76. The van der Waals surface area contributed by atoms with Crippen LogP contribution in [0.5, 0.6) is 0 Å². The van der Waals surface area contributed by atoms with Crippen LogP contribution in [0, 0.1) is 0 Å². The van der Waals surface area contributed by atoms with Crippen LogP contribution in [0.2, 0.25) is 0 Å². The van der Waals surface area contributed by atoms with Gasteiger partial charge in [0.15, 0.2) is 5.78 Å². The molecule has 104 valence electrons. The summed E-state index contributed by atoms with van der Waals surface area (Å²) < 4.78 is 27.6. The highest BCUT2D eigenvalue weighted by atomic mass is 79.9. The lowest BCUT2D eigenvalue weighted by Gasteiger charge is -2.09. The Kier molecular flexibility index (Phi) is 4.25. The molecule has 0 unspecified atom stereocenters. The Bertz CT molecular complexity index is 757. The molecule has 0 bridgehead atoms. The van der Waals surface area contributed by atoms with Crippen molar-refractivity contribution in [1.29, 1.82) is 0 Å². The second-order valence-electron chi connectivity index (χ2n) is 4.20. The lowest BCUT2D eigenvalue weighted by atomic mass is 10.1. The summed E-state index contributed by atoms with van der Waals surface area (Å²) in [6, 6.07) is 12.8. The van der Waals surface area contributed by atoms with Gasteiger partial charge >= 0.3 is 0 Å². The van der Waals surface area contributed by atoms with E-state index in [4.69, 9.17) is 0 Å². The zero-order valence-electron chi connectivity index (χ0n) is 10.6. The van der Waals surface area contributed by atoms with Crippen LogP contribution in [-0.2, 0) is 10.0 Å². The van der Waals surface area contributed by atoms with Gasteiger partial charge in [0.25, 0.3) is 10.0 Å². The molecule has 0 spiro atoms. The van der Waals surface area contributed by atoms with Gasteiger partial charge in [0, 0.05) is 15.7 Å². The van der Waals surface area contributed by atoms with E-state index < -0.39 is 10.0 Å². The van der Waals surface area contributed by atoms with E-state index in [1.807, 2.05) is 0 Å². The molecule has 6 heteroatoms. The van der Waals surface area contributed by atoms with E-state index in [0.717, 1.165) is 0 Å². The summed E-state index contributed by atoms with van der Waals surface area (Å²) in [6.07, 6.45) is 0. The highest BCUT2D eigenvalue weighted by Gasteiger charge is 2.14. The van der Waals surface area contributed by atoms with Crippen molar-refractivity contribution in [1.82, 2.24) is 0 Å². The molecule has 0 atom stereocenters. The van der Waals surface area contributed by atoms with Crippen molar-refractivity contribution in [2.24, 2.45) is 0 Å². The Morgan fingerprint density at radius 3 is 2.45 bits per heavy atom. The third-order valence-corrected chi connectivity index (χ3v) is 4.50. The minimum absolute atomic E-state index is 0.117. The van der Waals surface area contributed by atoms with E-state index in [0.29, 0.717) is 15.7 Å². The average Bonchev–Trinajstić information content (AvgIpc) is 2.38. The van der Waals surface area contributed by atoms with Crippen LogP contribution in [0.15, 0.2) is 57.9 Å². The Labute approximate surface area is 126 Å². The number of rotatable bonds is 4. The first-order valence-corrected chi connectivity index (χ1v) is 8.05. The molecular formula is C14H12BrNO3S. The van der Waals surface area contributed by atoms with Crippen LogP contribution >= 0.6 is 15.9 Å². The van der Waals surface area contributed by atoms with Crippen molar-refractivity contribution in [2.45, 2.75) is 11.8 Å². The molecule has 0 aliphatic carbocycles. The topological polar surface area (TPSA) is 63.2 Å². The van der Waals surface area contributed by atoms with Gasteiger partial charge in [-0.2, -0.15) is 0 Å². The lowest BCUT2D eigenvalue weighted by molar-refractivity contribution is 0.101. The van der Waals surface area contributed by atoms with Crippen LogP contribution in [0.4, 0.5) is 5.69 Å². The first-order valence-electron chi connectivity index (χ1n) is 5.78. The maximum absolute atomic E-state index is 12.2. The Hall–Kier alpha value is -1.66. The molecule has 2 aromatic carbocycles. The smallest absolute Gasteiger partial charge is 0.261 e. The largest absolute Gasteiger partial charge is 0.295 e. The highest BCUT2D eigenvalue weighted by molar-refractivity contribution is 9.10. The van der Waals surface area contributed by atoms with Gasteiger partial charge in [-0.25, -0.2) is 8.42 Å². The number of Topliss-reactive ketones (excluding diaryl/α,β-unsaturated/α-hetero) is 1. The molecule has 0 aliphatic rings. The van der Waals surface area contributed by atoms with Crippen molar-refractivity contribution in [3.8, 4) is 0 Å². The molecule has 0 aromatic heterocycles. The van der Waals surface area contributed by atoms with Gasteiger partial charge in [0.05, 0.1) is 4.90 Å². The molecule has 0 fully saturated rings. The van der Waals surface area contributed by atoms with Gasteiger partial charge in [-0.15, -0.1) is 0 Å². The van der Waals surface area contributed by atoms with Gasteiger partial charge in [-0.3, -0.25) is 9.52 Å². The van der Waals surface area contributed by atoms with E-state index in [-0.39, 0.29) is 10.7 Å². The zero-order valence-corrected chi connectivity index (χ0v) is 13.0. The summed E-state index contributed by atoms with van der Waals surface area (Å²) in [4.78, 5) is 11.4. The first kappa shape index (κ1) is 14.7. The third-order valence-electron chi connectivity index (χ3n) is 2.63. The summed E-state index contributed by atoms with van der Waals surface area (Å²) >= 11 is 3.23. The first-order chi connectivity index (χ1) is 9.38. The van der Waals surface area contributed by atoms with Crippen LogP contribution < -0.4 is 4.72 Å². The van der Waals surface area contributed by atoms with Crippen molar-refractivity contribution >= 4 is 37.4 Å². The summed E-state index contributed by atoms with van der Waals surface area (Å²) in [5.41, 5.74) is 0.817. The molecule has 0 saturated heterocycles. The highest BCUT2D eigenvalue weighted by Crippen LogP contribution is 2.20. The van der Waals surface area contributed by atoms with Gasteiger partial charge in [0.2, 0.25) is 0 Å². The predicted molar refractivity (Wildman–Crippen MR) is 81.4 cm³/mol. The van der Waals surface area contributed by atoms with Gasteiger partial charge in [0.1, 0.15) is 0 Å². The van der Waals surface area contributed by atoms with E-state index in [2.05, 4.69) is 20.7 Å². The number of hydrogen-bond acceptors (Lipinski definition) is 3. The maximum Gasteiger partial charge on any atom is 0.261 e. The number of halogens is 1. The fourth-order valence-corrected chi connectivity index (χ4v) is 3.30. The van der Waals surface area contributed by atoms with E-state index in [1.54, 1.807) is 30.3 Å². The minimum atomic E-state index is -3.67. The summed E-state index contributed by atoms with van der Waals surface area (Å²) in [6.45, 7) is 1.43. The lowest BCUT2D eigenvalue weighted by Crippen LogP contribution is -2.13. The second-order valence-corrected chi connectivity index (χ2v) is 6.80. The average molecular weight is 354 g/mol. The molecule has 1 N–H and O–H groups in total. The molecule has 0 radical (unpaired) electrons. The minimum Gasteiger partial charge on any atom is -0.295 e. The van der Waals surface area contributed by atoms with Crippen LogP contribution in [0.3, 0.4) is 0 Å². The van der Waals surface area contributed by atoms with Crippen LogP contribution in [-0.4, -0.2) is 14.2 Å². The number of benzene rings is 2. The monoisotopic (exact) mass is 353 g/mol. The van der Waals surface area contributed by atoms with Crippen molar-refractivity contribution in [2.75, 3.05) is 4.72 Å². The van der Waals surface area contributed by atoms with Crippen molar-refractivity contribution < 1.29 is 13.2 Å². The zero-order chi connectivity index (χ0) is 14.8. The summed E-state index contributed by atoms with van der Waals surface area (Å²) in [5, 5.41) is 0. The molecule has 4 nitrogen and oxygen atoms in total. The SMILES string of the molecule is CC(=O)c1cccc(NS(=O)(=O)c2cccc(Br)c2)c1. The summed E-state index contributed by atoms with van der Waals surface area (Å²) in [7, 11) is -3.67. The molecule has 2 rings (SSSR count). The quantitative estimate of drug-likeness (QED) is 0.856.